The number of aromatic amines is 1. The smallest absolute Gasteiger partial charge is 0.227 e. The number of aromatic nitrogens is 4. The third-order valence-electron chi connectivity index (χ3n) is 6.35. The largest absolute Gasteiger partial charge is 0.463 e. The van der Waals surface area contributed by atoms with Gasteiger partial charge >= 0.3 is 0 Å². The Morgan fingerprint density at radius 3 is 2.82 bits per heavy atom. The van der Waals surface area contributed by atoms with Gasteiger partial charge in [-0.05, 0) is 49.2 Å². The summed E-state index contributed by atoms with van der Waals surface area (Å²) in [4.78, 5) is 12.3. The molecule has 10 heteroatoms. The van der Waals surface area contributed by atoms with Crippen molar-refractivity contribution in [3.63, 3.8) is 0 Å². The minimum Gasteiger partial charge on any atom is -0.463 e. The van der Waals surface area contributed by atoms with Crippen LogP contribution in [0.2, 0.25) is 0 Å². The highest BCUT2D eigenvalue weighted by Crippen LogP contribution is 2.34. The first-order valence-electron chi connectivity index (χ1n) is 11.3. The van der Waals surface area contributed by atoms with E-state index < -0.39 is 10.8 Å². The molecule has 0 aliphatic carbocycles. The maximum absolute atomic E-state index is 13.7. The number of aryl methyl sites for hydroxylation is 1. The number of hydrogen-bond acceptors (Lipinski definition) is 7. The standard InChI is InChI=1S/C24H23FN6O2S/c25-16-3-1-4-17(13-16)26-23-22-18(8-12-34(22)32)27-24(28-23)31-9-6-15(7-10-31)19-14-20(30-29-19)21-5-2-11-33-21/h1-5,11,13-15H,6-10,12H2,(H,29,30)(H,26,27,28). The summed E-state index contributed by atoms with van der Waals surface area (Å²) in [6.07, 6.45) is 4.15. The Morgan fingerprint density at radius 2 is 2.03 bits per heavy atom. The second-order valence-corrected chi connectivity index (χ2v) is 10.0. The number of piperidine rings is 1. The summed E-state index contributed by atoms with van der Waals surface area (Å²) >= 11 is 0. The summed E-state index contributed by atoms with van der Waals surface area (Å²) in [7, 11) is -1.16. The zero-order chi connectivity index (χ0) is 23.1. The summed E-state index contributed by atoms with van der Waals surface area (Å²) in [6.45, 7) is 1.59. The van der Waals surface area contributed by atoms with Crippen molar-refractivity contribution >= 4 is 28.3 Å². The number of furan rings is 1. The van der Waals surface area contributed by atoms with Crippen molar-refractivity contribution in [1.82, 2.24) is 20.2 Å². The van der Waals surface area contributed by atoms with Gasteiger partial charge in [-0.2, -0.15) is 10.1 Å². The number of fused-ring (bicyclic) bond motifs is 1. The lowest BCUT2D eigenvalue weighted by Gasteiger charge is -2.32. The van der Waals surface area contributed by atoms with Crippen LogP contribution in [0.3, 0.4) is 0 Å². The molecule has 174 valence electrons. The average Bonchev–Trinajstić information content (AvgIpc) is 3.61. The van der Waals surface area contributed by atoms with Crippen molar-refractivity contribution in [2.75, 3.05) is 29.1 Å². The second kappa shape index (κ2) is 8.68. The van der Waals surface area contributed by atoms with Crippen molar-refractivity contribution in [2.45, 2.75) is 30.1 Å². The molecule has 0 saturated carbocycles. The van der Waals surface area contributed by atoms with E-state index in [-0.39, 0.29) is 5.82 Å². The molecule has 3 aromatic heterocycles. The monoisotopic (exact) mass is 478 g/mol. The molecule has 0 bridgehead atoms. The number of halogens is 1. The van der Waals surface area contributed by atoms with Gasteiger partial charge in [-0.15, -0.1) is 0 Å². The van der Waals surface area contributed by atoms with E-state index in [1.54, 1.807) is 18.4 Å². The Labute approximate surface area is 198 Å². The predicted octanol–water partition coefficient (Wildman–Crippen LogP) is 4.39. The van der Waals surface area contributed by atoms with E-state index in [0.717, 1.165) is 48.8 Å². The van der Waals surface area contributed by atoms with Crippen LogP contribution in [0.5, 0.6) is 0 Å². The minimum atomic E-state index is -1.16. The van der Waals surface area contributed by atoms with Gasteiger partial charge in [0.25, 0.3) is 0 Å². The Bertz CT molecular complexity index is 1350. The SMILES string of the molecule is O=S1CCc2nc(N3CCC(c4cc(-c5ccco5)n[nH]4)CC3)nc(Nc3cccc(F)c3)c21. The minimum absolute atomic E-state index is 0.340. The molecule has 5 heterocycles. The fourth-order valence-corrected chi connectivity index (χ4v) is 5.91. The third kappa shape index (κ3) is 3.98. The summed E-state index contributed by atoms with van der Waals surface area (Å²) in [5, 5.41) is 10.7. The van der Waals surface area contributed by atoms with Crippen LogP contribution in [0, 0.1) is 5.82 Å². The Hall–Kier alpha value is -3.53. The van der Waals surface area contributed by atoms with Crippen LogP contribution in [0.25, 0.3) is 11.5 Å². The summed E-state index contributed by atoms with van der Waals surface area (Å²) in [6, 6.07) is 12.0. The second-order valence-electron chi connectivity index (χ2n) is 8.53. The highest BCUT2D eigenvalue weighted by atomic mass is 32.2. The van der Waals surface area contributed by atoms with E-state index in [1.165, 1.54) is 12.1 Å². The van der Waals surface area contributed by atoms with Gasteiger partial charge in [0.15, 0.2) is 11.6 Å². The summed E-state index contributed by atoms with van der Waals surface area (Å²) in [5.74, 6) is 2.43. The normalized spacial score (nSPS) is 18.3. The van der Waals surface area contributed by atoms with Crippen LogP contribution in [-0.2, 0) is 17.2 Å². The van der Waals surface area contributed by atoms with Gasteiger partial charge in [0.2, 0.25) is 5.95 Å². The summed E-state index contributed by atoms with van der Waals surface area (Å²) < 4.78 is 31.7. The third-order valence-corrected chi connectivity index (χ3v) is 7.81. The van der Waals surface area contributed by atoms with Crippen LogP contribution < -0.4 is 10.2 Å². The quantitative estimate of drug-likeness (QED) is 0.439. The lowest BCUT2D eigenvalue weighted by molar-refractivity contribution is 0.489. The first kappa shape index (κ1) is 21.0. The maximum atomic E-state index is 13.7. The molecule has 34 heavy (non-hydrogen) atoms. The summed E-state index contributed by atoms with van der Waals surface area (Å²) in [5.41, 5.74) is 3.29. The van der Waals surface area contributed by atoms with Crippen LogP contribution in [-0.4, -0.2) is 43.2 Å². The van der Waals surface area contributed by atoms with Crippen LogP contribution >= 0.6 is 0 Å². The number of nitrogens with one attached hydrogen (secondary N) is 2. The zero-order valence-corrected chi connectivity index (χ0v) is 19.1. The topological polar surface area (TPSA) is 99.9 Å². The number of benzene rings is 1. The first-order chi connectivity index (χ1) is 16.6. The van der Waals surface area contributed by atoms with E-state index >= 15 is 0 Å². The van der Waals surface area contributed by atoms with Crippen molar-refractivity contribution in [3.8, 4) is 11.5 Å². The van der Waals surface area contributed by atoms with Crippen molar-refractivity contribution in [2.24, 2.45) is 0 Å². The van der Waals surface area contributed by atoms with Gasteiger partial charge in [0.1, 0.15) is 16.4 Å². The first-order valence-corrected chi connectivity index (χ1v) is 12.6. The fourth-order valence-electron chi connectivity index (χ4n) is 4.60. The van der Waals surface area contributed by atoms with Gasteiger partial charge in [0, 0.05) is 42.6 Å². The van der Waals surface area contributed by atoms with Gasteiger partial charge in [-0.3, -0.25) is 9.31 Å². The molecule has 6 rings (SSSR count). The number of rotatable bonds is 5. The molecule has 8 nitrogen and oxygen atoms in total. The number of hydrogen-bond donors (Lipinski definition) is 2. The Balaban J connectivity index is 1.21. The van der Waals surface area contributed by atoms with Gasteiger partial charge in [-0.1, -0.05) is 6.07 Å². The molecule has 4 aromatic rings. The van der Waals surface area contributed by atoms with E-state index in [2.05, 4.69) is 26.5 Å². The molecule has 0 amide bonds. The lowest BCUT2D eigenvalue weighted by Crippen LogP contribution is -2.34. The van der Waals surface area contributed by atoms with Gasteiger partial charge < -0.3 is 14.6 Å². The molecule has 2 aliphatic heterocycles. The van der Waals surface area contributed by atoms with Gasteiger partial charge in [0.05, 0.1) is 22.8 Å². The van der Waals surface area contributed by atoms with Crippen LogP contribution in [0.4, 0.5) is 21.8 Å². The molecule has 2 N–H and O–H groups in total. The molecule has 1 saturated heterocycles. The maximum Gasteiger partial charge on any atom is 0.227 e. The van der Waals surface area contributed by atoms with E-state index in [1.807, 2.05) is 12.1 Å². The number of nitrogens with zero attached hydrogens (tertiary/aromatic N) is 4. The zero-order valence-electron chi connectivity index (χ0n) is 18.3. The van der Waals surface area contributed by atoms with Crippen molar-refractivity contribution < 1.29 is 13.0 Å². The lowest BCUT2D eigenvalue weighted by atomic mass is 9.93. The van der Waals surface area contributed by atoms with Crippen molar-refractivity contribution in [3.05, 3.63) is 65.9 Å². The molecule has 1 aromatic carbocycles. The molecule has 0 spiro atoms. The Morgan fingerprint density at radius 1 is 1.15 bits per heavy atom. The highest BCUT2D eigenvalue weighted by Gasteiger charge is 2.29. The number of anilines is 3. The fraction of sp³-hybridized carbons (Fsp3) is 0.292. The molecule has 1 unspecified atom stereocenters. The average molecular weight is 479 g/mol. The molecular formula is C24H23FN6O2S. The van der Waals surface area contributed by atoms with Crippen LogP contribution in [0.1, 0.15) is 30.1 Å². The van der Waals surface area contributed by atoms with E-state index in [4.69, 9.17) is 14.4 Å². The molecule has 1 fully saturated rings. The molecular weight excluding hydrogens is 455 g/mol. The molecule has 1 atom stereocenters. The predicted molar refractivity (Wildman–Crippen MR) is 127 cm³/mol. The van der Waals surface area contributed by atoms with Gasteiger partial charge in [-0.25, -0.2) is 9.37 Å². The van der Waals surface area contributed by atoms with E-state index in [9.17, 15) is 8.60 Å². The molecule has 0 radical (unpaired) electrons. The van der Waals surface area contributed by atoms with Crippen molar-refractivity contribution in [1.29, 1.82) is 0 Å². The molecule has 2 aliphatic rings. The highest BCUT2D eigenvalue weighted by molar-refractivity contribution is 7.85. The van der Waals surface area contributed by atoms with E-state index in [0.29, 0.717) is 40.4 Å². The van der Waals surface area contributed by atoms with Crippen LogP contribution in [0.15, 0.2) is 58.0 Å². The Kier molecular flexibility index (Phi) is 5.37. The number of H-pyrrole nitrogens is 1.